The van der Waals surface area contributed by atoms with E-state index < -0.39 is 0 Å². The molecule has 2 heterocycles. The number of hydrogen-bond acceptors (Lipinski definition) is 2. The molecule has 2 N–H and O–H groups in total. The van der Waals surface area contributed by atoms with Crippen LogP contribution in [0.1, 0.15) is 31.0 Å². The fourth-order valence-corrected chi connectivity index (χ4v) is 3.09. The summed E-state index contributed by atoms with van der Waals surface area (Å²) in [5, 5.41) is 4.88. The Balaban J connectivity index is 2.16. The van der Waals surface area contributed by atoms with Gasteiger partial charge in [-0.1, -0.05) is 0 Å². The van der Waals surface area contributed by atoms with Crippen LogP contribution in [0.5, 0.6) is 5.75 Å². The van der Waals surface area contributed by atoms with Crippen molar-refractivity contribution in [1.82, 2.24) is 10.3 Å². The first kappa shape index (κ1) is 11.6. The van der Waals surface area contributed by atoms with E-state index in [1.807, 2.05) is 6.07 Å². The van der Waals surface area contributed by atoms with Crippen molar-refractivity contribution < 1.29 is 4.74 Å². The lowest BCUT2D eigenvalue weighted by atomic mass is 9.93. The highest BCUT2D eigenvalue weighted by molar-refractivity contribution is 5.86. The summed E-state index contributed by atoms with van der Waals surface area (Å²) >= 11 is 0. The van der Waals surface area contributed by atoms with Gasteiger partial charge >= 0.3 is 0 Å². The molecule has 2 aromatic rings. The van der Waals surface area contributed by atoms with E-state index in [0.29, 0.717) is 0 Å². The molecule has 96 valence electrons. The van der Waals surface area contributed by atoms with Gasteiger partial charge in [0, 0.05) is 16.6 Å². The number of rotatable bonds is 2. The molecule has 0 spiro atoms. The van der Waals surface area contributed by atoms with E-state index in [-0.39, 0.29) is 5.54 Å². The van der Waals surface area contributed by atoms with Crippen molar-refractivity contribution in [2.75, 3.05) is 13.7 Å². The van der Waals surface area contributed by atoms with Crippen LogP contribution >= 0.6 is 0 Å². The Morgan fingerprint density at radius 1 is 1.33 bits per heavy atom. The van der Waals surface area contributed by atoms with Crippen LogP contribution in [0.2, 0.25) is 0 Å². The number of benzene rings is 1. The molecular weight excluding hydrogens is 224 g/mol. The Morgan fingerprint density at radius 2 is 2.17 bits per heavy atom. The number of aromatic nitrogens is 1. The summed E-state index contributed by atoms with van der Waals surface area (Å²) in [7, 11) is 1.71. The van der Waals surface area contributed by atoms with Crippen LogP contribution in [-0.4, -0.2) is 18.6 Å². The molecule has 1 aliphatic rings. The molecule has 0 radical (unpaired) electrons. The zero-order valence-electron chi connectivity index (χ0n) is 11.3. The molecule has 0 amide bonds. The SMILES string of the molecule is COc1ccc2[nH]c(C3(C)CCCN3)c(C)c2c1. The van der Waals surface area contributed by atoms with Gasteiger partial charge in [0.25, 0.3) is 0 Å². The quantitative estimate of drug-likeness (QED) is 0.851. The minimum atomic E-state index is 0.0936. The number of hydrogen-bond donors (Lipinski definition) is 2. The molecule has 0 saturated carbocycles. The van der Waals surface area contributed by atoms with Gasteiger partial charge in [0.2, 0.25) is 0 Å². The van der Waals surface area contributed by atoms with Crippen molar-refractivity contribution >= 4 is 10.9 Å². The van der Waals surface area contributed by atoms with E-state index in [0.717, 1.165) is 12.3 Å². The van der Waals surface area contributed by atoms with Crippen LogP contribution in [0.25, 0.3) is 10.9 Å². The molecule has 3 rings (SSSR count). The van der Waals surface area contributed by atoms with Crippen LogP contribution in [0.15, 0.2) is 18.2 Å². The van der Waals surface area contributed by atoms with Crippen molar-refractivity contribution in [3.05, 3.63) is 29.5 Å². The van der Waals surface area contributed by atoms with Gasteiger partial charge in [-0.15, -0.1) is 0 Å². The lowest BCUT2D eigenvalue weighted by Gasteiger charge is -2.24. The highest BCUT2D eigenvalue weighted by atomic mass is 16.5. The number of aromatic amines is 1. The summed E-state index contributed by atoms with van der Waals surface area (Å²) in [6.45, 7) is 5.59. The second kappa shape index (κ2) is 4.02. The van der Waals surface area contributed by atoms with Gasteiger partial charge in [-0.2, -0.15) is 0 Å². The van der Waals surface area contributed by atoms with Crippen molar-refractivity contribution in [2.24, 2.45) is 0 Å². The fourth-order valence-electron chi connectivity index (χ4n) is 3.09. The molecule has 1 aromatic heterocycles. The van der Waals surface area contributed by atoms with Crippen LogP contribution in [0, 0.1) is 6.92 Å². The summed E-state index contributed by atoms with van der Waals surface area (Å²) < 4.78 is 5.31. The zero-order chi connectivity index (χ0) is 12.8. The molecule has 3 heteroatoms. The predicted molar refractivity (Wildman–Crippen MR) is 74.2 cm³/mol. The van der Waals surface area contributed by atoms with Crippen LogP contribution in [0.4, 0.5) is 0 Å². The summed E-state index contributed by atoms with van der Waals surface area (Å²) in [5.74, 6) is 0.917. The first-order chi connectivity index (χ1) is 8.64. The third-order valence-corrected chi connectivity index (χ3v) is 4.19. The van der Waals surface area contributed by atoms with Crippen molar-refractivity contribution in [2.45, 2.75) is 32.2 Å². The first-order valence-corrected chi connectivity index (χ1v) is 6.56. The molecule has 0 aliphatic carbocycles. The first-order valence-electron chi connectivity index (χ1n) is 6.56. The van der Waals surface area contributed by atoms with E-state index in [4.69, 9.17) is 4.74 Å². The maximum atomic E-state index is 5.31. The van der Waals surface area contributed by atoms with Crippen LogP contribution in [-0.2, 0) is 5.54 Å². The van der Waals surface area contributed by atoms with Gasteiger partial charge in [0.1, 0.15) is 5.75 Å². The molecule has 1 aromatic carbocycles. The van der Waals surface area contributed by atoms with Gasteiger partial charge in [-0.05, 0) is 57.0 Å². The van der Waals surface area contributed by atoms with E-state index >= 15 is 0 Å². The maximum absolute atomic E-state index is 5.31. The molecule has 1 fully saturated rings. The van der Waals surface area contributed by atoms with Gasteiger partial charge in [0.05, 0.1) is 12.6 Å². The second-order valence-corrected chi connectivity index (χ2v) is 5.40. The van der Waals surface area contributed by atoms with E-state index in [9.17, 15) is 0 Å². The van der Waals surface area contributed by atoms with E-state index in [1.54, 1.807) is 7.11 Å². The summed E-state index contributed by atoms with van der Waals surface area (Å²) in [6, 6.07) is 6.22. The zero-order valence-corrected chi connectivity index (χ0v) is 11.3. The topological polar surface area (TPSA) is 37.0 Å². The number of aryl methyl sites for hydroxylation is 1. The molecule has 1 unspecified atom stereocenters. The number of nitrogens with one attached hydrogen (secondary N) is 2. The average molecular weight is 244 g/mol. The predicted octanol–water partition coefficient (Wildman–Crippen LogP) is 3.08. The third kappa shape index (κ3) is 1.62. The number of H-pyrrole nitrogens is 1. The van der Waals surface area contributed by atoms with Crippen molar-refractivity contribution in [1.29, 1.82) is 0 Å². The number of ether oxygens (including phenoxy) is 1. The summed E-state index contributed by atoms with van der Waals surface area (Å²) in [4.78, 5) is 3.58. The smallest absolute Gasteiger partial charge is 0.119 e. The Labute approximate surface area is 108 Å². The minimum Gasteiger partial charge on any atom is -0.497 e. The Morgan fingerprint density at radius 3 is 2.83 bits per heavy atom. The monoisotopic (exact) mass is 244 g/mol. The number of fused-ring (bicyclic) bond motifs is 1. The van der Waals surface area contributed by atoms with Crippen LogP contribution < -0.4 is 10.1 Å². The maximum Gasteiger partial charge on any atom is 0.119 e. The van der Waals surface area contributed by atoms with E-state index in [1.165, 1.54) is 35.0 Å². The molecule has 1 aliphatic heterocycles. The van der Waals surface area contributed by atoms with Crippen molar-refractivity contribution in [3.8, 4) is 5.75 Å². The normalized spacial score (nSPS) is 23.7. The Kier molecular flexibility index (Phi) is 2.59. The molecule has 0 bridgehead atoms. The van der Waals surface area contributed by atoms with Gasteiger partial charge in [-0.25, -0.2) is 0 Å². The molecule has 18 heavy (non-hydrogen) atoms. The lowest BCUT2D eigenvalue weighted by Crippen LogP contribution is -2.34. The highest BCUT2D eigenvalue weighted by Gasteiger charge is 2.33. The summed E-state index contributed by atoms with van der Waals surface area (Å²) in [6.07, 6.45) is 2.44. The molecule has 3 nitrogen and oxygen atoms in total. The summed E-state index contributed by atoms with van der Waals surface area (Å²) in [5.41, 5.74) is 3.94. The second-order valence-electron chi connectivity index (χ2n) is 5.40. The molecule has 1 atom stereocenters. The van der Waals surface area contributed by atoms with E-state index in [2.05, 4.69) is 36.3 Å². The van der Waals surface area contributed by atoms with Crippen LogP contribution in [0.3, 0.4) is 0 Å². The van der Waals surface area contributed by atoms with Gasteiger partial charge < -0.3 is 15.0 Å². The van der Waals surface area contributed by atoms with Gasteiger partial charge in [-0.3, -0.25) is 0 Å². The largest absolute Gasteiger partial charge is 0.497 e. The Hall–Kier alpha value is -1.48. The minimum absolute atomic E-state index is 0.0936. The average Bonchev–Trinajstić information content (AvgIpc) is 2.95. The molecular formula is C15H20N2O. The van der Waals surface area contributed by atoms with Crippen molar-refractivity contribution in [3.63, 3.8) is 0 Å². The Bertz CT molecular complexity index is 579. The highest BCUT2D eigenvalue weighted by Crippen LogP contribution is 2.36. The third-order valence-electron chi connectivity index (χ3n) is 4.19. The van der Waals surface area contributed by atoms with Gasteiger partial charge in [0.15, 0.2) is 0 Å². The lowest BCUT2D eigenvalue weighted by molar-refractivity contribution is 0.415. The molecule has 1 saturated heterocycles. The fraction of sp³-hybridized carbons (Fsp3) is 0.467. The standard InChI is InChI=1S/C15H20N2O/c1-10-12-9-11(18-3)5-6-13(12)17-14(10)15(2)7-4-8-16-15/h5-6,9,16-17H,4,7-8H2,1-3H3. The number of methoxy groups -OCH3 is 1.